The zero-order chi connectivity index (χ0) is 44.4. The number of fused-ring (bicyclic) bond motifs is 10. The first-order valence-corrected chi connectivity index (χ1v) is 27.0. The highest BCUT2D eigenvalue weighted by Crippen LogP contribution is 2.71. The molecule has 9 nitrogen and oxygen atoms in total. The van der Waals surface area contributed by atoms with Gasteiger partial charge in [-0.1, -0.05) is 68.2 Å². The van der Waals surface area contributed by atoms with E-state index in [9.17, 15) is 34.0 Å². The van der Waals surface area contributed by atoms with Gasteiger partial charge < -0.3 is 25.5 Å². The van der Waals surface area contributed by atoms with E-state index in [1.54, 1.807) is 0 Å². The van der Waals surface area contributed by atoms with Crippen LogP contribution in [-0.2, 0) is 14.6 Å². The molecule has 8 fully saturated rings. The van der Waals surface area contributed by atoms with Crippen LogP contribution in [0.1, 0.15) is 177 Å². The van der Waals surface area contributed by atoms with E-state index in [0.717, 1.165) is 95.8 Å². The lowest BCUT2D eigenvalue weighted by atomic mass is 9.41. The van der Waals surface area contributed by atoms with Crippen molar-refractivity contribution in [3.05, 3.63) is 0 Å². The van der Waals surface area contributed by atoms with Crippen molar-refractivity contribution in [2.75, 3.05) is 13.2 Å². The quantitative estimate of drug-likeness (QED) is 0.111. The van der Waals surface area contributed by atoms with E-state index >= 15 is 0 Å². The lowest BCUT2D eigenvalue weighted by Crippen LogP contribution is -2.62. The van der Waals surface area contributed by atoms with Crippen LogP contribution in [0.15, 0.2) is 0 Å². The molecular weight excluding hydrogens is 789 g/mol. The Morgan fingerprint density at radius 2 is 0.967 bits per heavy atom. The normalized spacial score (nSPS) is 51.3. The highest BCUT2D eigenvalue weighted by molar-refractivity contribution is 7.80. The molecule has 22 atom stereocenters. The Kier molecular flexibility index (Phi) is 14.7. The molecule has 8 aliphatic carbocycles. The minimum atomic E-state index is -4.39. The van der Waals surface area contributed by atoms with Gasteiger partial charge in [-0.2, -0.15) is 8.42 Å². The first-order valence-electron chi connectivity index (χ1n) is 25.6. The molecule has 0 radical (unpaired) electrons. The monoisotopic (exact) mass is 879 g/mol. The van der Waals surface area contributed by atoms with Gasteiger partial charge in [0.25, 0.3) is 0 Å². The maximum Gasteiger partial charge on any atom is 0.397 e. The zero-order valence-electron chi connectivity index (χ0n) is 39.6. The van der Waals surface area contributed by atoms with Crippen molar-refractivity contribution >= 4 is 10.4 Å². The minimum Gasteiger partial charge on any atom is -0.396 e. The molecule has 0 aromatic rings. The molecule has 0 spiro atoms. The van der Waals surface area contributed by atoms with Crippen LogP contribution in [0.2, 0.25) is 0 Å². The van der Waals surface area contributed by atoms with Crippen molar-refractivity contribution in [1.29, 1.82) is 0 Å². The molecule has 8 aliphatic rings. The predicted molar refractivity (Wildman–Crippen MR) is 240 cm³/mol. The third-order valence-electron chi connectivity index (χ3n) is 21.9. The standard InChI is InChI=1S/C26H46O3.C25H44O6S/c1-5-18-22-15-17(28)10-12-26(22,4)21-11-13-25(3)19(16(2)7-6-14-27)8-9-20(25)23(21)24(18)29;1-5-17-21-14-16(26)8-11-25(21,4)20-9-12-24(3)18(6-7-19(24)22(20)23(17)27)15(2)10-13-31-32(28,29)30/h16-24,27-29H,5-15H2,1-4H3;15-23,26-27H,5-14H2,1-4H3,(H,28,29,30)/t16-,17-,18-,19?,20?,21?,22+,23?,24-,25-,26-;15-,16-,17-,18?,19?,20?,21+,22?,23-,24-,25-/m11/s1. The van der Waals surface area contributed by atoms with E-state index in [1.807, 2.05) is 0 Å². The summed E-state index contributed by atoms with van der Waals surface area (Å²) < 4.78 is 35.4. The van der Waals surface area contributed by atoms with Crippen molar-refractivity contribution in [3.8, 4) is 0 Å². The molecule has 10 heteroatoms. The number of rotatable bonds is 11. The van der Waals surface area contributed by atoms with Crippen LogP contribution in [0, 0.1) is 105 Å². The molecule has 8 unspecified atom stereocenters. The summed E-state index contributed by atoms with van der Waals surface area (Å²) >= 11 is 0. The molecule has 354 valence electrons. The van der Waals surface area contributed by atoms with Gasteiger partial charge >= 0.3 is 10.4 Å². The van der Waals surface area contributed by atoms with Crippen molar-refractivity contribution in [2.24, 2.45) is 105 Å². The van der Waals surface area contributed by atoms with Gasteiger partial charge in [0.05, 0.1) is 31.0 Å². The molecule has 8 rings (SSSR count). The Labute approximate surface area is 371 Å². The highest BCUT2D eigenvalue weighted by Gasteiger charge is 2.66. The summed E-state index contributed by atoms with van der Waals surface area (Å²) in [6.07, 6.45) is 19.3. The Bertz CT molecular complexity index is 1590. The van der Waals surface area contributed by atoms with Gasteiger partial charge in [-0.3, -0.25) is 4.55 Å². The van der Waals surface area contributed by atoms with Gasteiger partial charge in [-0.15, -0.1) is 0 Å². The SMILES string of the molecule is CC[C@H]1[C@@H](O)C2C3CCC([C@H](C)CCCO)[C@@]3(C)CCC2[C@@]2(C)CC[C@@H](O)C[C@@H]12.CC[C@H]1[C@@H](O)C2C3CCC([C@H](C)CCOS(=O)(=O)O)[C@@]3(C)CCC2[C@@]2(C)CC[C@@H](O)C[C@@H]12. The number of hydrogen-bond donors (Lipinski definition) is 6. The Balaban J connectivity index is 0.000000185. The van der Waals surface area contributed by atoms with E-state index in [0.29, 0.717) is 94.9 Å². The topological polar surface area (TPSA) is 165 Å². The Morgan fingerprint density at radius 3 is 1.36 bits per heavy atom. The van der Waals surface area contributed by atoms with Crippen LogP contribution in [0.3, 0.4) is 0 Å². The molecule has 0 aromatic heterocycles. The van der Waals surface area contributed by atoms with E-state index in [4.69, 9.17) is 4.55 Å². The van der Waals surface area contributed by atoms with Crippen LogP contribution in [-0.4, -0.2) is 76.1 Å². The molecule has 0 heterocycles. The fraction of sp³-hybridized carbons (Fsp3) is 1.00. The molecule has 0 saturated heterocycles. The van der Waals surface area contributed by atoms with E-state index < -0.39 is 10.4 Å². The van der Waals surface area contributed by atoms with Crippen LogP contribution >= 0.6 is 0 Å². The first-order chi connectivity index (χ1) is 28.7. The summed E-state index contributed by atoms with van der Waals surface area (Å²) in [4.78, 5) is 0. The maximum absolute atomic E-state index is 11.7. The van der Waals surface area contributed by atoms with Gasteiger partial charge in [0.2, 0.25) is 0 Å². The molecule has 0 aromatic carbocycles. The van der Waals surface area contributed by atoms with Crippen molar-refractivity contribution < 1.29 is 42.7 Å². The maximum atomic E-state index is 11.7. The second kappa shape index (κ2) is 18.4. The Morgan fingerprint density at radius 1 is 0.574 bits per heavy atom. The van der Waals surface area contributed by atoms with E-state index in [2.05, 4.69) is 59.6 Å². The third-order valence-corrected chi connectivity index (χ3v) is 22.4. The van der Waals surface area contributed by atoms with Crippen LogP contribution in [0.5, 0.6) is 0 Å². The summed E-state index contributed by atoms with van der Waals surface area (Å²) in [5.41, 5.74) is 1.01. The van der Waals surface area contributed by atoms with Gasteiger partial charge in [0.1, 0.15) is 0 Å². The summed E-state index contributed by atoms with van der Waals surface area (Å²) in [6, 6.07) is 0. The second-order valence-electron chi connectivity index (χ2n) is 24.1. The largest absolute Gasteiger partial charge is 0.397 e. The summed E-state index contributed by atoms with van der Waals surface area (Å²) in [5, 5.41) is 53.6. The number of hydrogen-bond acceptors (Lipinski definition) is 8. The summed E-state index contributed by atoms with van der Waals surface area (Å²) in [6.45, 7) is 19.3. The van der Waals surface area contributed by atoms with Gasteiger partial charge in [-0.25, -0.2) is 4.18 Å². The van der Waals surface area contributed by atoms with Crippen LogP contribution < -0.4 is 0 Å². The zero-order valence-corrected chi connectivity index (χ0v) is 40.4. The molecule has 61 heavy (non-hydrogen) atoms. The minimum absolute atomic E-state index is 0.0198. The molecular formula is C51H90O9S. The molecule has 0 bridgehead atoms. The average molecular weight is 879 g/mol. The highest BCUT2D eigenvalue weighted by atomic mass is 32.3. The van der Waals surface area contributed by atoms with Gasteiger partial charge in [-0.05, 0) is 214 Å². The van der Waals surface area contributed by atoms with E-state index in [-0.39, 0.29) is 47.8 Å². The van der Waals surface area contributed by atoms with E-state index in [1.165, 1.54) is 25.7 Å². The third kappa shape index (κ3) is 8.51. The van der Waals surface area contributed by atoms with Gasteiger partial charge in [0.15, 0.2) is 0 Å². The second-order valence-corrected chi connectivity index (χ2v) is 25.2. The number of aliphatic hydroxyl groups is 5. The fourth-order valence-corrected chi connectivity index (χ4v) is 19.3. The lowest BCUT2D eigenvalue weighted by molar-refractivity contribution is -0.203. The molecule has 8 saturated carbocycles. The smallest absolute Gasteiger partial charge is 0.396 e. The summed E-state index contributed by atoms with van der Waals surface area (Å²) in [5.74, 6) is 6.76. The molecule has 0 amide bonds. The molecule has 0 aliphatic heterocycles. The van der Waals surface area contributed by atoms with Crippen molar-refractivity contribution in [2.45, 2.75) is 202 Å². The average Bonchev–Trinajstić information content (AvgIpc) is 3.75. The number of aliphatic hydroxyl groups excluding tert-OH is 5. The fourth-order valence-electron chi connectivity index (χ4n) is 19.0. The van der Waals surface area contributed by atoms with Crippen LogP contribution in [0.25, 0.3) is 0 Å². The first kappa shape index (κ1) is 48.6. The van der Waals surface area contributed by atoms with Crippen molar-refractivity contribution in [1.82, 2.24) is 0 Å². The van der Waals surface area contributed by atoms with Crippen LogP contribution in [0.4, 0.5) is 0 Å². The summed E-state index contributed by atoms with van der Waals surface area (Å²) in [7, 11) is -4.39. The Hall–Kier alpha value is -0.330. The lowest BCUT2D eigenvalue weighted by Gasteiger charge is -2.64. The van der Waals surface area contributed by atoms with Crippen molar-refractivity contribution in [3.63, 3.8) is 0 Å². The molecule has 6 N–H and O–H groups in total. The predicted octanol–water partition coefficient (Wildman–Crippen LogP) is 9.48. The van der Waals surface area contributed by atoms with Gasteiger partial charge in [0, 0.05) is 6.61 Å².